The van der Waals surface area contributed by atoms with Gasteiger partial charge in [0.05, 0.1) is 10.8 Å². The Morgan fingerprint density at radius 1 is 1.17 bits per heavy atom. The van der Waals surface area contributed by atoms with E-state index in [0.29, 0.717) is 26.9 Å². The smallest absolute Gasteiger partial charge is 0.240 e. The lowest BCUT2D eigenvalue weighted by Crippen LogP contribution is -2.23. The number of amides is 1. The molecular weight excluding hydrogens is 371 g/mol. The molecule has 0 unspecified atom stereocenters. The van der Waals surface area contributed by atoms with Crippen molar-refractivity contribution < 1.29 is 13.2 Å². The number of nitrogens with one attached hydrogen (secondary N) is 2. The second-order valence-electron chi connectivity index (χ2n) is 5.52. The summed E-state index contributed by atoms with van der Waals surface area (Å²) in [5.41, 5.74) is 1.94. The van der Waals surface area contributed by atoms with Crippen molar-refractivity contribution in [1.29, 1.82) is 0 Å². The fourth-order valence-electron chi connectivity index (χ4n) is 2.48. The van der Waals surface area contributed by atoms with Crippen LogP contribution in [0.4, 0.5) is 5.69 Å². The number of carbonyl (C=O) groups excluding carboxylic acids is 1. The second kappa shape index (κ2) is 6.37. The minimum absolute atomic E-state index is 0.0438. The van der Waals surface area contributed by atoms with Gasteiger partial charge in [-0.1, -0.05) is 29.3 Å². The molecule has 1 amide bonds. The highest BCUT2D eigenvalue weighted by molar-refractivity contribution is 7.89. The van der Waals surface area contributed by atoms with Crippen LogP contribution < -0.4 is 10.0 Å². The summed E-state index contributed by atoms with van der Waals surface area (Å²) in [6, 6.07) is 9.44. The van der Waals surface area contributed by atoms with Gasteiger partial charge in [0.15, 0.2) is 0 Å². The van der Waals surface area contributed by atoms with Crippen molar-refractivity contribution in [2.45, 2.75) is 24.3 Å². The number of fused-ring (bicyclic) bond motifs is 1. The van der Waals surface area contributed by atoms with Crippen molar-refractivity contribution in [3.63, 3.8) is 0 Å². The van der Waals surface area contributed by atoms with Crippen LogP contribution in [0.2, 0.25) is 10.0 Å². The topological polar surface area (TPSA) is 75.3 Å². The predicted molar refractivity (Wildman–Crippen MR) is 94.0 cm³/mol. The van der Waals surface area contributed by atoms with Crippen molar-refractivity contribution in [2.75, 3.05) is 5.32 Å². The van der Waals surface area contributed by atoms with Crippen molar-refractivity contribution in [3.05, 3.63) is 57.6 Å². The van der Waals surface area contributed by atoms with Gasteiger partial charge < -0.3 is 5.32 Å². The molecule has 0 spiro atoms. The van der Waals surface area contributed by atoms with E-state index in [9.17, 15) is 13.2 Å². The van der Waals surface area contributed by atoms with Gasteiger partial charge in [0.1, 0.15) is 0 Å². The highest BCUT2D eigenvalue weighted by Gasteiger charge is 2.28. The summed E-state index contributed by atoms with van der Waals surface area (Å²) >= 11 is 11.9. The van der Waals surface area contributed by atoms with E-state index in [2.05, 4.69) is 10.0 Å². The van der Waals surface area contributed by atoms with Crippen LogP contribution in [0.15, 0.2) is 41.3 Å². The van der Waals surface area contributed by atoms with Gasteiger partial charge in [-0.2, -0.15) is 0 Å². The lowest BCUT2D eigenvalue weighted by atomic mass is 10.0. The van der Waals surface area contributed by atoms with Crippen LogP contribution in [0.25, 0.3) is 0 Å². The monoisotopic (exact) mass is 384 g/mol. The van der Waals surface area contributed by atoms with E-state index in [1.165, 1.54) is 12.1 Å². The largest absolute Gasteiger partial charge is 0.325 e. The Kier molecular flexibility index (Phi) is 4.57. The molecule has 1 aliphatic rings. The normalized spacial score (nSPS) is 16.8. The molecule has 2 N–H and O–H groups in total. The number of sulfonamides is 1. The van der Waals surface area contributed by atoms with Crippen molar-refractivity contribution >= 4 is 44.8 Å². The first-order valence-electron chi connectivity index (χ1n) is 7.16. The Morgan fingerprint density at radius 2 is 1.92 bits per heavy atom. The van der Waals surface area contributed by atoms with Crippen LogP contribution in [-0.2, 0) is 21.4 Å². The predicted octanol–water partition coefficient (Wildman–Crippen LogP) is 3.53. The molecule has 24 heavy (non-hydrogen) atoms. The molecule has 1 atom stereocenters. The van der Waals surface area contributed by atoms with Crippen molar-refractivity contribution in [2.24, 2.45) is 0 Å². The molecule has 0 saturated heterocycles. The van der Waals surface area contributed by atoms with Gasteiger partial charge in [-0.25, -0.2) is 13.1 Å². The molecule has 1 heterocycles. The van der Waals surface area contributed by atoms with Gasteiger partial charge in [0.2, 0.25) is 15.9 Å². The third-order valence-corrected chi connectivity index (χ3v) is 5.90. The molecule has 8 heteroatoms. The van der Waals surface area contributed by atoms with Crippen LogP contribution in [-0.4, -0.2) is 14.3 Å². The number of hydrogen-bond donors (Lipinski definition) is 2. The molecule has 0 fully saturated rings. The highest BCUT2D eigenvalue weighted by Crippen LogP contribution is 2.33. The van der Waals surface area contributed by atoms with Gasteiger partial charge in [-0.15, -0.1) is 0 Å². The van der Waals surface area contributed by atoms with E-state index in [1.54, 1.807) is 31.2 Å². The van der Waals surface area contributed by atoms with Gasteiger partial charge >= 0.3 is 0 Å². The lowest BCUT2D eigenvalue weighted by Gasteiger charge is -2.10. The number of hydrogen-bond acceptors (Lipinski definition) is 3. The quantitative estimate of drug-likeness (QED) is 0.846. The Morgan fingerprint density at radius 3 is 2.62 bits per heavy atom. The summed E-state index contributed by atoms with van der Waals surface area (Å²) in [4.78, 5) is 11.8. The third-order valence-electron chi connectivity index (χ3n) is 3.92. The average molecular weight is 385 g/mol. The first kappa shape index (κ1) is 17.2. The molecule has 3 rings (SSSR count). The number of rotatable bonds is 4. The third kappa shape index (κ3) is 3.28. The van der Waals surface area contributed by atoms with Crippen molar-refractivity contribution in [3.8, 4) is 0 Å². The van der Waals surface area contributed by atoms with E-state index in [0.717, 1.165) is 0 Å². The van der Waals surface area contributed by atoms with E-state index < -0.39 is 10.0 Å². The molecule has 126 valence electrons. The molecule has 0 saturated carbocycles. The zero-order valence-electron chi connectivity index (χ0n) is 12.6. The van der Waals surface area contributed by atoms with Gasteiger partial charge in [0.25, 0.3) is 0 Å². The Labute approximate surface area is 150 Å². The second-order valence-corrected chi connectivity index (χ2v) is 8.13. The summed E-state index contributed by atoms with van der Waals surface area (Å²) in [5.74, 6) is -0.513. The zero-order valence-corrected chi connectivity index (χ0v) is 15.0. The maximum Gasteiger partial charge on any atom is 0.240 e. The average Bonchev–Trinajstić information content (AvgIpc) is 2.81. The summed E-state index contributed by atoms with van der Waals surface area (Å²) in [7, 11) is -3.73. The molecule has 0 aliphatic carbocycles. The van der Waals surface area contributed by atoms with E-state index in [4.69, 9.17) is 23.2 Å². The summed E-state index contributed by atoms with van der Waals surface area (Å²) < 4.78 is 27.5. The molecule has 2 aromatic rings. The maximum absolute atomic E-state index is 12.5. The van der Waals surface area contributed by atoms with Crippen LogP contribution in [0.1, 0.15) is 24.0 Å². The molecule has 1 aliphatic heterocycles. The number of anilines is 1. The molecule has 5 nitrogen and oxygen atoms in total. The lowest BCUT2D eigenvalue weighted by molar-refractivity contribution is -0.116. The first-order valence-corrected chi connectivity index (χ1v) is 9.40. The summed E-state index contributed by atoms with van der Waals surface area (Å²) in [5, 5.41) is 3.59. The number of halogens is 2. The van der Waals surface area contributed by atoms with Gasteiger partial charge in [0, 0.05) is 22.3 Å². The summed E-state index contributed by atoms with van der Waals surface area (Å²) in [6.07, 6.45) is 0. The number of carbonyl (C=O) groups is 1. The molecular formula is C16H14Cl2N2O3S. The van der Waals surface area contributed by atoms with Gasteiger partial charge in [-0.05, 0) is 48.4 Å². The molecule has 0 aromatic heterocycles. The standard InChI is InChI=1S/C16H14Cl2N2O3S/c1-9-13-7-12(4-5-15(13)20-16(9)21)24(22,23)19-8-10-2-3-11(17)6-14(10)18/h2-7,9,19H,8H2,1H3,(H,20,21)/t9-/m1/s1. The van der Waals surface area contributed by atoms with Crippen LogP contribution >= 0.6 is 23.2 Å². The zero-order chi connectivity index (χ0) is 17.5. The van der Waals surface area contributed by atoms with E-state index >= 15 is 0 Å². The Hall–Kier alpha value is -1.60. The Balaban J connectivity index is 1.83. The van der Waals surface area contributed by atoms with Crippen LogP contribution in [0.3, 0.4) is 0 Å². The minimum atomic E-state index is -3.73. The van der Waals surface area contributed by atoms with Crippen LogP contribution in [0, 0.1) is 0 Å². The van der Waals surface area contributed by atoms with Crippen molar-refractivity contribution in [1.82, 2.24) is 4.72 Å². The highest BCUT2D eigenvalue weighted by atomic mass is 35.5. The van der Waals surface area contributed by atoms with Gasteiger partial charge in [-0.3, -0.25) is 4.79 Å². The molecule has 2 aromatic carbocycles. The van der Waals surface area contributed by atoms with E-state index in [-0.39, 0.29) is 23.3 Å². The summed E-state index contributed by atoms with van der Waals surface area (Å²) in [6.45, 7) is 1.78. The fourth-order valence-corrected chi connectivity index (χ4v) is 4.00. The minimum Gasteiger partial charge on any atom is -0.325 e. The Bertz CT molecular complexity index is 929. The van der Waals surface area contributed by atoms with Crippen LogP contribution in [0.5, 0.6) is 0 Å². The maximum atomic E-state index is 12.5. The molecule has 0 bridgehead atoms. The fraction of sp³-hybridized carbons (Fsp3) is 0.188. The number of benzene rings is 2. The first-order chi connectivity index (χ1) is 11.3. The van der Waals surface area contributed by atoms with E-state index in [1.807, 2.05) is 0 Å². The molecule has 0 radical (unpaired) electrons. The SMILES string of the molecule is C[C@H]1C(=O)Nc2ccc(S(=O)(=O)NCc3ccc(Cl)cc3Cl)cc21.